The van der Waals surface area contributed by atoms with Crippen LogP contribution in [0, 0.1) is 13.8 Å². The fourth-order valence-corrected chi connectivity index (χ4v) is 5.76. The molecule has 0 aromatic carbocycles. The Labute approximate surface area is 139 Å². The van der Waals surface area contributed by atoms with Gasteiger partial charge >= 0.3 is 0 Å². The van der Waals surface area contributed by atoms with Crippen molar-refractivity contribution in [1.29, 1.82) is 0 Å². The SMILES string of the molecule is Cc1noc(C)c1S(=O)(=O)NCc1ccc(S(=O)(=O)N(C)C)s1. The molecule has 0 bridgehead atoms. The van der Waals surface area contributed by atoms with Crippen LogP contribution in [0.25, 0.3) is 0 Å². The van der Waals surface area contributed by atoms with Gasteiger partial charge in [0.2, 0.25) is 10.0 Å². The van der Waals surface area contributed by atoms with E-state index >= 15 is 0 Å². The summed E-state index contributed by atoms with van der Waals surface area (Å²) in [6, 6.07) is 3.04. The average Bonchev–Trinajstić information content (AvgIpc) is 3.04. The van der Waals surface area contributed by atoms with Crippen LogP contribution in [-0.4, -0.2) is 40.4 Å². The Balaban J connectivity index is 2.18. The molecule has 0 radical (unpaired) electrons. The molecular formula is C12H17N3O5S3. The van der Waals surface area contributed by atoms with Crippen molar-refractivity contribution in [2.75, 3.05) is 14.1 Å². The van der Waals surface area contributed by atoms with Crippen LogP contribution >= 0.6 is 11.3 Å². The largest absolute Gasteiger partial charge is 0.360 e. The van der Waals surface area contributed by atoms with Gasteiger partial charge in [0.15, 0.2) is 5.76 Å². The van der Waals surface area contributed by atoms with Gasteiger partial charge < -0.3 is 4.52 Å². The van der Waals surface area contributed by atoms with Crippen LogP contribution in [0.1, 0.15) is 16.3 Å². The van der Waals surface area contributed by atoms with Crippen molar-refractivity contribution in [2.45, 2.75) is 29.5 Å². The minimum Gasteiger partial charge on any atom is -0.360 e. The molecule has 0 aliphatic carbocycles. The van der Waals surface area contributed by atoms with Crippen molar-refractivity contribution in [3.63, 3.8) is 0 Å². The van der Waals surface area contributed by atoms with Crippen LogP contribution in [0.15, 0.2) is 25.8 Å². The summed E-state index contributed by atoms with van der Waals surface area (Å²) in [5.41, 5.74) is 0.275. The first-order valence-electron chi connectivity index (χ1n) is 6.49. The van der Waals surface area contributed by atoms with Crippen LogP contribution in [-0.2, 0) is 26.6 Å². The van der Waals surface area contributed by atoms with Gasteiger partial charge in [-0.15, -0.1) is 11.3 Å². The lowest BCUT2D eigenvalue weighted by atomic mass is 10.4. The molecule has 8 nitrogen and oxygen atoms in total. The van der Waals surface area contributed by atoms with Gasteiger partial charge in [-0.3, -0.25) is 0 Å². The van der Waals surface area contributed by atoms with E-state index < -0.39 is 20.0 Å². The predicted molar refractivity (Wildman–Crippen MR) is 85.2 cm³/mol. The van der Waals surface area contributed by atoms with E-state index in [1.54, 1.807) is 6.07 Å². The molecular weight excluding hydrogens is 362 g/mol. The Bertz CT molecular complexity index is 890. The number of hydrogen-bond donors (Lipinski definition) is 1. The van der Waals surface area contributed by atoms with E-state index in [9.17, 15) is 16.8 Å². The molecule has 0 amide bonds. The Morgan fingerprint density at radius 3 is 2.39 bits per heavy atom. The van der Waals surface area contributed by atoms with Crippen LogP contribution in [0.2, 0.25) is 0 Å². The Kier molecular flexibility index (Phi) is 4.97. The lowest BCUT2D eigenvalue weighted by Crippen LogP contribution is -2.23. The van der Waals surface area contributed by atoms with Gasteiger partial charge in [-0.1, -0.05) is 5.16 Å². The van der Waals surface area contributed by atoms with Crippen molar-refractivity contribution in [2.24, 2.45) is 0 Å². The molecule has 128 valence electrons. The molecule has 1 N–H and O–H groups in total. The lowest BCUT2D eigenvalue weighted by Gasteiger charge is -2.08. The molecule has 11 heteroatoms. The summed E-state index contributed by atoms with van der Waals surface area (Å²) < 4.78 is 57.1. The number of sulfonamides is 2. The van der Waals surface area contributed by atoms with Gasteiger partial charge in [0.1, 0.15) is 14.8 Å². The van der Waals surface area contributed by atoms with Crippen LogP contribution in [0.5, 0.6) is 0 Å². The molecule has 0 saturated heterocycles. The zero-order valence-electron chi connectivity index (χ0n) is 13.0. The second kappa shape index (κ2) is 6.32. The highest BCUT2D eigenvalue weighted by molar-refractivity contribution is 7.91. The summed E-state index contributed by atoms with van der Waals surface area (Å²) in [4.78, 5) is 0.593. The molecule has 0 spiro atoms. The molecule has 0 fully saturated rings. The molecule has 0 unspecified atom stereocenters. The summed E-state index contributed by atoms with van der Waals surface area (Å²) in [6.07, 6.45) is 0. The quantitative estimate of drug-likeness (QED) is 0.804. The Hall–Kier alpha value is -1.27. The fourth-order valence-electron chi connectivity index (χ4n) is 1.87. The molecule has 2 rings (SSSR count). The van der Waals surface area contributed by atoms with E-state index in [0.29, 0.717) is 4.88 Å². The maximum Gasteiger partial charge on any atom is 0.252 e. The molecule has 2 aromatic rings. The van der Waals surface area contributed by atoms with E-state index in [-0.39, 0.29) is 27.1 Å². The highest BCUT2D eigenvalue weighted by Crippen LogP contribution is 2.24. The van der Waals surface area contributed by atoms with E-state index in [1.807, 2.05) is 0 Å². The third kappa shape index (κ3) is 3.63. The summed E-state index contributed by atoms with van der Waals surface area (Å²) in [5, 5.41) is 3.62. The van der Waals surface area contributed by atoms with E-state index in [1.165, 1.54) is 34.0 Å². The van der Waals surface area contributed by atoms with Gasteiger partial charge in [-0.25, -0.2) is 25.9 Å². The zero-order chi connectivity index (χ0) is 17.4. The monoisotopic (exact) mass is 379 g/mol. The number of rotatable bonds is 6. The standard InChI is InChI=1S/C12H17N3O5S3/c1-8-12(9(2)20-14-8)22(16,17)13-7-10-5-6-11(21-10)23(18,19)15(3)4/h5-6,13H,7H2,1-4H3. The highest BCUT2D eigenvalue weighted by atomic mass is 32.2. The number of nitrogens with one attached hydrogen (secondary N) is 1. The van der Waals surface area contributed by atoms with Crippen LogP contribution < -0.4 is 4.72 Å². The van der Waals surface area contributed by atoms with Gasteiger partial charge in [-0.2, -0.15) is 0 Å². The topological polar surface area (TPSA) is 110 Å². The summed E-state index contributed by atoms with van der Waals surface area (Å²) in [7, 11) is -4.42. The minimum absolute atomic E-state index is 0.00944. The first-order valence-corrected chi connectivity index (χ1v) is 10.2. The summed E-state index contributed by atoms with van der Waals surface area (Å²) >= 11 is 1.02. The van der Waals surface area contributed by atoms with Crippen molar-refractivity contribution >= 4 is 31.4 Å². The van der Waals surface area contributed by atoms with Crippen LogP contribution in [0.4, 0.5) is 0 Å². The molecule has 2 heterocycles. The number of nitrogens with zero attached hydrogens (tertiary/aromatic N) is 2. The first kappa shape index (κ1) is 18.1. The minimum atomic E-state index is -3.78. The molecule has 23 heavy (non-hydrogen) atoms. The number of aromatic nitrogens is 1. The lowest BCUT2D eigenvalue weighted by molar-refractivity contribution is 0.390. The van der Waals surface area contributed by atoms with Crippen molar-refractivity contribution < 1.29 is 21.4 Å². The molecule has 2 aromatic heterocycles. The van der Waals surface area contributed by atoms with Gasteiger partial charge in [-0.05, 0) is 26.0 Å². The smallest absolute Gasteiger partial charge is 0.252 e. The Morgan fingerprint density at radius 1 is 1.22 bits per heavy atom. The van der Waals surface area contributed by atoms with E-state index in [4.69, 9.17) is 4.52 Å². The number of thiophene rings is 1. The maximum absolute atomic E-state index is 12.3. The van der Waals surface area contributed by atoms with E-state index in [2.05, 4.69) is 9.88 Å². The van der Waals surface area contributed by atoms with Crippen LogP contribution in [0.3, 0.4) is 0 Å². The third-order valence-electron chi connectivity index (χ3n) is 3.04. The Morgan fingerprint density at radius 2 is 1.87 bits per heavy atom. The second-order valence-electron chi connectivity index (χ2n) is 4.99. The fraction of sp³-hybridized carbons (Fsp3) is 0.417. The second-order valence-corrected chi connectivity index (χ2v) is 10.2. The molecule has 0 aliphatic rings. The van der Waals surface area contributed by atoms with Crippen molar-refractivity contribution in [3.05, 3.63) is 28.5 Å². The zero-order valence-corrected chi connectivity index (χ0v) is 15.5. The maximum atomic E-state index is 12.3. The third-order valence-corrected chi connectivity index (χ3v) is 8.06. The van der Waals surface area contributed by atoms with E-state index in [0.717, 1.165) is 15.6 Å². The predicted octanol–water partition coefficient (Wildman–Crippen LogP) is 1.08. The average molecular weight is 379 g/mol. The van der Waals surface area contributed by atoms with Gasteiger partial charge in [0, 0.05) is 25.5 Å². The molecule has 0 atom stereocenters. The number of hydrogen-bond acceptors (Lipinski definition) is 7. The molecule has 0 aliphatic heterocycles. The summed E-state index contributed by atoms with van der Waals surface area (Å²) in [5.74, 6) is 0.206. The number of aryl methyl sites for hydroxylation is 2. The first-order chi connectivity index (χ1) is 10.6. The van der Waals surface area contributed by atoms with Crippen molar-refractivity contribution in [3.8, 4) is 0 Å². The van der Waals surface area contributed by atoms with Crippen molar-refractivity contribution in [1.82, 2.24) is 14.2 Å². The summed E-state index contributed by atoms with van der Waals surface area (Å²) in [6.45, 7) is 3.04. The highest BCUT2D eigenvalue weighted by Gasteiger charge is 2.25. The normalized spacial score (nSPS) is 12.9. The van der Waals surface area contributed by atoms with Gasteiger partial charge in [0.25, 0.3) is 10.0 Å². The van der Waals surface area contributed by atoms with Gasteiger partial charge in [0.05, 0.1) is 0 Å². The molecule has 0 saturated carbocycles.